The molecule has 21 heavy (non-hydrogen) atoms. The standard InChI is InChI=1S/C19H18O2/c1-15(14-20-18-9-3-2-4-10-18)21-19-12-11-16-7-5-6-8-17(16)13-19/h2-13,15H,14H2,1H3. The first-order valence-electron chi connectivity index (χ1n) is 7.14. The molecular weight excluding hydrogens is 260 g/mol. The number of para-hydroxylation sites is 1. The number of fused-ring (bicyclic) bond motifs is 1. The topological polar surface area (TPSA) is 18.5 Å². The molecule has 3 aromatic rings. The molecule has 106 valence electrons. The van der Waals surface area contributed by atoms with Gasteiger partial charge in [0.25, 0.3) is 0 Å². The van der Waals surface area contributed by atoms with Gasteiger partial charge < -0.3 is 9.47 Å². The Morgan fingerprint density at radius 3 is 2.29 bits per heavy atom. The fraction of sp³-hybridized carbons (Fsp3) is 0.158. The van der Waals surface area contributed by atoms with Crippen LogP contribution in [0.1, 0.15) is 6.92 Å². The molecule has 2 heteroatoms. The molecule has 0 heterocycles. The average molecular weight is 278 g/mol. The van der Waals surface area contributed by atoms with Gasteiger partial charge >= 0.3 is 0 Å². The van der Waals surface area contributed by atoms with E-state index in [0.717, 1.165) is 11.5 Å². The van der Waals surface area contributed by atoms with Crippen molar-refractivity contribution in [3.63, 3.8) is 0 Å². The first kappa shape index (κ1) is 13.5. The molecule has 0 saturated carbocycles. The first-order valence-corrected chi connectivity index (χ1v) is 7.14. The fourth-order valence-corrected chi connectivity index (χ4v) is 2.24. The molecule has 0 aliphatic heterocycles. The SMILES string of the molecule is CC(COc1ccccc1)Oc1ccc2ccccc2c1. The van der Waals surface area contributed by atoms with E-state index in [9.17, 15) is 0 Å². The molecule has 3 aromatic carbocycles. The van der Waals surface area contributed by atoms with E-state index in [0.29, 0.717) is 6.61 Å². The van der Waals surface area contributed by atoms with Crippen LogP contribution in [0.3, 0.4) is 0 Å². The maximum Gasteiger partial charge on any atom is 0.130 e. The molecule has 0 aliphatic rings. The van der Waals surface area contributed by atoms with Gasteiger partial charge in [-0.1, -0.05) is 48.5 Å². The zero-order valence-electron chi connectivity index (χ0n) is 12.0. The third-order valence-electron chi connectivity index (χ3n) is 3.29. The summed E-state index contributed by atoms with van der Waals surface area (Å²) < 4.78 is 11.6. The van der Waals surface area contributed by atoms with Crippen LogP contribution in [0.5, 0.6) is 11.5 Å². The summed E-state index contributed by atoms with van der Waals surface area (Å²) in [6.45, 7) is 2.54. The van der Waals surface area contributed by atoms with Crippen molar-refractivity contribution in [2.45, 2.75) is 13.0 Å². The summed E-state index contributed by atoms with van der Waals surface area (Å²) in [4.78, 5) is 0. The number of ether oxygens (including phenoxy) is 2. The Morgan fingerprint density at radius 1 is 0.762 bits per heavy atom. The average Bonchev–Trinajstić information content (AvgIpc) is 2.54. The minimum atomic E-state index is -0.00799. The lowest BCUT2D eigenvalue weighted by atomic mass is 10.1. The van der Waals surface area contributed by atoms with E-state index in [1.165, 1.54) is 10.8 Å². The number of hydrogen-bond acceptors (Lipinski definition) is 2. The Labute approximate surface area is 124 Å². The van der Waals surface area contributed by atoms with Crippen LogP contribution in [0.25, 0.3) is 10.8 Å². The van der Waals surface area contributed by atoms with Gasteiger partial charge in [0.05, 0.1) is 0 Å². The minimum absolute atomic E-state index is 0.00799. The van der Waals surface area contributed by atoms with Crippen LogP contribution in [-0.4, -0.2) is 12.7 Å². The Hall–Kier alpha value is -2.48. The van der Waals surface area contributed by atoms with Gasteiger partial charge in [-0.15, -0.1) is 0 Å². The molecule has 0 saturated heterocycles. The van der Waals surface area contributed by atoms with Gasteiger partial charge in [-0.2, -0.15) is 0 Å². The predicted molar refractivity (Wildman–Crippen MR) is 86.0 cm³/mol. The summed E-state index contributed by atoms with van der Waals surface area (Å²) in [5.41, 5.74) is 0. The van der Waals surface area contributed by atoms with Crippen molar-refractivity contribution in [1.29, 1.82) is 0 Å². The fourth-order valence-electron chi connectivity index (χ4n) is 2.24. The second-order valence-corrected chi connectivity index (χ2v) is 5.06. The number of benzene rings is 3. The summed E-state index contributed by atoms with van der Waals surface area (Å²) in [6, 6.07) is 24.2. The predicted octanol–water partition coefficient (Wildman–Crippen LogP) is 4.69. The second-order valence-electron chi connectivity index (χ2n) is 5.06. The highest BCUT2D eigenvalue weighted by Crippen LogP contribution is 2.21. The van der Waals surface area contributed by atoms with Gasteiger partial charge in [0.2, 0.25) is 0 Å². The molecule has 2 nitrogen and oxygen atoms in total. The molecule has 3 rings (SSSR count). The molecule has 0 bridgehead atoms. The smallest absolute Gasteiger partial charge is 0.130 e. The van der Waals surface area contributed by atoms with Crippen LogP contribution in [-0.2, 0) is 0 Å². The van der Waals surface area contributed by atoms with E-state index in [4.69, 9.17) is 9.47 Å². The highest BCUT2D eigenvalue weighted by molar-refractivity contribution is 5.83. The molecule has 1 atom stereocenters. The number of hydrogen-bond donors (Lipinski definition) is 0. The van der Waals surface area contributed by atoms with Gasteiger partial charge in [-0.3, -0.25) is 0 Å². The first-order chi connectivity index (χ1) is 10.3. The van der Waals surface area contributed by atoms with Crippen molar-refractivity contribution in [3.05, 3.63) is 72.8 Å². The van der Waals surface area contributed by atoms with E-state index in [1.807, 2.05) is 55.5 Å². The highest BCUT2D eigenvalue weighted by atomic mass is 16.5. The van der Waals surface area contributed by atoms with Crippen molar-refractivity contribution in [2.75, 3.05) is 6.61 Å². The molecule has 0 N–H and O–H groups in total. The summed E-state index contributed by atoms with van der Waals surface area (Å²) in [7, 11) is 0. The Kier molecular flexibility index (Phi) is 4.06. The lowest BCUT2D eigenvalue weighted by Crippen LogP contribution is -2.21. The van der Waals surface area contributed by atoms with Crippen LogP contribution in [0, 0.1) is 0 Å². The number of rotatable bonds is 5. The third kappa shape index (κ3) is 3.54. The third-order valence-corrected chi connectivity index (χ3v) is 3.29. The van der Waals surface area contributed by atoms with Gasteiger partial charge in [0.15, 0.2) is 0 Å². The normalized spacial score (nSPS) is 12.0. The Balaban J connectivity index is 1.62. The zero-order valence-corrected chi connectivity index (χ0v) is 12.0. The van der Waals surface area contributed by atoms with E-state index in [2.05, 4.69) is 24.3 Å². The maximum atomic E-state index is 5.92. The minimum Gasteiger partial charge on any atom is -0.490 e. The van der Waals surface area contributed by atoms with E-state index < -0.39 is 0 Å². The Bertz CT molecular complexity index is 707. The molecule has 1 unspecified atom stereocenters. The molecule has 0 aromatic heterocycles. The van der Waals surface area contributed by atoms with Crippen LogP contribution in [0.15, 0.2) is 72.8 Å². The molecule has 0 amide bonds. The highest BCUT2D eigenvalue weighted by Gasteiger charge is 2.06. The van der Waals surface area contributed by atoms with Gasteiger partial charge in [0.1, 0.15) is 24.2 Å². The Morgan fingerprint density at radius 2 is 1.48 bits per heavy atom. The van der Waals surface area contributed by atoms with E-state index in [1.54, 1.807) is 0 Å². The maximum absolute atomic E-state index is 5.92. The van der Waals surface area contributed by atoms with Crippen LogP contribution >= 0.6 is 0 Å². The van der Waals surface area contributed by atoms with Crippen molar-refractivity contribution >= 4 is 10.8 Å². The van der Waals surface area contributed by atoms with Crippen molar-refractivity contribution < 1.29 is 9.47 Å². The zero-order chi connectivity index (χ0) is 14.5. The summed E-state index contributed by atoms with van der Waals surface area (Å²) >= 11 is 0. The second kappa shape index (κ2) is 6.31. The summed E-state index contributed by atoms with van der Waals surface area (Å²) in [5.74, 6) is 1.74. The lowest BCUT2D eigenvalue weighted by molar-refractivity contribution is 0.143. The quantitative estimate of drug-likeness (QED) is 0.674. The van der Waals surface area contributed by atoms with Gasteiger partial charge in [-0.05, 0) is 42.0 Å². The van der Waals surface area contributed by atoms with E-state index >= 15 is 0 Å². The molecule has 0 spiro atoms. The molecule has 0 radical (unpaired) electrons. The van der Waals surface area contributed by atoms with Crippen LogP contribution < -0.4 is 9.47 Å². The van der Waals surface area contributed by atoms with Gasteiger partial charge in [-0.25, -0.2) is 0 Å². The summed E-state index contributed by atoms with van der Waals surface area (Å²) in [5, 5.41) is 2.41. The molecule has 0 aliphatic carbocycles. The van der Waals surface area contributed by atoms with Crippen molar-refractivity contribution in [1.82, 2.24) is 0 Å². The van der Waals surface area contributed by atoms with Crippen molar-refractivity contribution in [2.24, 2.45) is 0 Å². The monoisotopic (exact) mass is 278 g/mol. The van der Waals surface area contributed by atoms with E-state index in [-0.39, 0.29) is 6.10 Å². The van der Waals surface area contributed by atoms with Crippen LogP contribution in [0.4, 0.5) is 0 Å². The lowest BCUT2D eigenvalue weighted by Gasteiger charge is -2.16. The summed E-state index contributed by atoms with van der Waals surface area (Å²) in [6.07, 6.45) is -0.00799. The molecule has 0 fully saturated rings. The largest absolute Gasteiger partial charge is 0.490 e. The van der Waals surface area contributed by atoms with Crippen LogP contribution in [0.2, 0.25) is 0 Å². The molecular formula is C19H18O2. The van der Waals surface area contributed by atoms with Gasteiger partial charge in [0, 0.05) is 0 Å². The van der Waals surface area contributed by atoms with Crippen molar-refractivity contribution in [3.8, 4) is 11.5 Å².